The van der Waals surface area contributed by atoms with Gasteiger partial charge >= 0.3 is 0 Å². The Labute approximate surface area is 135 Å². The van der Waals surface area contributed by atoms with Crippen molar-refractivity contribution in [3.63, 3.8) is 0 Å². The first-order chi connectivity index (χ1) is 9.81. The number of hydrogen-bond donors (Lipinski definition) is 2. The number of aromatic nitrogens is 2. The van der Waals surface area contributed by atoms with Crippen LogP contribution in [0.3, 0.4) is 0 Å². The van der Waals surface area contributed by atoms with Crippen molar-refractivity contribution in [1.29, 1.82) is 0 Å². The smallest absolute Gasteiger partial charge is 0.255 e. The topological polar surface area (TPSA) is 107 Å². The second-order valence-corrected chi connectivity index (χ2v) is 5.91. The molecule has 0 saturated carbocycles. The van der Waals surface area contributed by atoms with Crippen LogP contribution in [-0.2, 0) is 12.0 Å². The number of nitrogens with zero attached hydrogens (tertiary/aromatic N) is 2. The molecule has 7 nitrogen and oxygen atoms in total. The number of nitrogens with two attached hydrogens (primary N) is 1. The normalized spacial score (nSPS) is 12.6. The van der Waals surface area contributed by atoms with E-state index in [0.29, 0.717) is 23.0 Å². The van der Waals surface area contributed by atoms with Crippen LogP contribution in [0.15, 0.2) is 21.3 Å². The highest BCUT2D eigenvalue weighted by atomic mass is 35.5. The molecule has 2 heterocycles. The zero-order chi connectivity index (χ0) is 15.6. The van der Waals surface area contributed by atoms with E-state index in [-0.39, 0.29) is 30.3 Å². The first-order valence-electron chi connectivity index (χ1n) is 6.73. The average molecular weight is 329 g/mol. The number of carbonyl (C=O) groups is 1. The molecule has 0 aliphatic carbocycles. The Bertz CT molecular complexity index is 630. The highest BCUT2D eigenvalue weighted by Gasteiger charge is 2.24. The second kappa shape index (κ2) is 6.93. The van der Waals surface area contributed by atoms with Gasteiger partial charge in [0.15, 0.2) is 5.82 Å². The van der Waals surface area contributed by atoms with Crippen molar-refractivity contribution in [2.75, 3.05) is 0 Å². The minimum atomic E-state index is -0.391. The second-order valence-electron chi connectivity index (χ2n) is 5.91. The number of furan rings is 1. The standard InChI is InChI=1S/C14H20N4O3.ClH/c1-8(12-17-13(18-21-12)14(2,3)4)16-11(19)9-5-10(6-15)20-7-9;/h5,7-8H,6,15H2,1-4H3,(H,16,19);1H. The van der Waals surface area contributed by atoms with Crippen LogP contribution in [0.25, 0.3) is 0 Å². The Morgan fingerprint density at radius 2 is 2.14 bits per heavy atom. The van der Waals surface area contributed by atoms with Gasteiger partial charge in [-0.1, -0.05) is 25.9 Å². The van der Waals surface area contributed by atoms with Crippen LogP contribution < -0.4 is 11.1 Å². The molecule has 0 fully saturated rings. The molecule has 2 aromatic rings. The summed E-state index contributed by atoms with van der Waals surface area (Å²) >= 11 is 0. The minimum absolute atomic E-state index is 0. The average Bonchev–Trinajstić information content (AvgIpc) is 3.07. The molecule has 8 heteroatoms. The maximum absolute atomic E-state index is 12.1. The van der Waals surface area contributed by atoms with E-state index in [0.717, 1.165) is 0 Å². The van der Waals surface area contributed by atoms with E-state index in [1.807, 2.05) is 20.8 Å². The first kappa shape index (κ1) is 18.2. The summed E-state index contributed by atoms with van der Waals surface area (Å²) in [7, 11) is 0. The molecular formula is C14H21ClN4O3. The van der Waals surface area contributed by atoms with Crippen LogP contribution in [0.2, 0.25) is 0 Å². The minimum Gasteiger partial charge on any atom is -0.467 e. The molecule has 2 rings (SSSR count). The molecular weight excluding hydrogens is 308 g/mol. The third-order valence-corrected chi connectivity index (χ3v) is 2.95. The van der Waals surface area contributed by atoms with Crippen LogP contribution in [0.4, 0.5) is 0 Å². The largest absolute Gasteiger partial charge is 0.467 e. The SMILES string of the molecule is CC(NC(=O)c1coc(CN)c1)c1nc(C(C)(C)C)no1.Cl. The van der Waals surface area contributed by atoms with Crippen molar-refractivity contribution in [3.8, 4) is 0 Å². The molecule has 22 heavy (non-hydrogen) atoms. The van der Waals surface area contributed by atoms with Gasteiger partial charge in [-0.3, -0.25) is 4.79 Å². The van der Waals surface area contributed by atoms with Crippen LogP contribution in [-0.4, -0.2) is 16.0 Å². The van der Waals surface area contributed by atoms with Crippen molar-refractivity contribution in [2.24, 2.45) is 5.73 Å². The van der Waals surface area contributed by atoms with E-state index in [1.165, 1.54) is 6.26 Å². The van der Waals surface area contributed by atoms with Crippen molar-refractivity contribution in [3.05, 3.63) is 35.4 Å². The zero-order valence-electron chi connectivity index (χ0n) is 13.0. The lowest BCUT2D eigenvalue weighted by Crippen LogP contribution is -2.26. The number of nitrogens with one attached hydrogen (secondary N) is 1. The summed E-state index contributed by atoms with van der Waals surface area (Å²) in [6.45, 7) is 8.00. The molecule has 0 aliphatic rings. The molecule has 0 bridgehead atoms. The van der Waals surface area contributed by atoms with Crippen molar-refractivity contribution < 1.29 is 13.7 Å². The number of rotatable bonds is 4. The van der Waals surface area contributed by atoms with Crippen LogP contribution in [0.1, 0.15) is 61.6 Å². The summed E-state index contributed by atoms with van der Waals surface area (Å²) < 4.78 is 10.3. The van der Waals surface area contributed by atoms with Gasteiger partial charge in [-0.05, 0) is 13.0 Å². The first-order valence-corrected chi connectivity index (χ1v) is 6.73. The van der Waals surface area contributed by atoms with E-state index in [1.54, 1.807) is 13.0 Å². The zero-order valence-corrected chi connectivity index (χ0v) is 13.9. The molecule has 122 valence electrons. The molecule has 0 spiro atoms. The molecule has 0 radical (unpaired) electrons. The molecule has 0 aliphatic heterocycles. The lowest BCUT2D eigenvalue weighted by atomic mass is 9.96. The van der Waals surface area contributed by atoms with Crippen LogP contribution >= 0.6 is 12.4 Å². The number of hydrogen-bond acceptors (Lipinski definition) is 6. The highest BCUT2D eigenvalue weighted by molar-refractivity contribution is 5.94. The summed E-state index contributed by atoms with van der Waals surface area (Å²) in [4.78, 5) is 16.4. The molecule has 0 aromatic carbocycles. The summed E-state index contributed by atoms with van der Waals surface area (Å²) in [6, 6.07) is 1.22. The summed E-state index contributed by atoms with van der Waals surface area (Å²) in [5.74, 6) is 1.25. The Morgan fingerprint density at radius 3 is 2.64 bits per heavy atom. The Morgan fingerprint density at radius 1 is 1.45 bits per heavy atom. The van der Waals surface area contributed by atoms with E-state index in [9.17, 15) is 4.79 Å². The van der Waals surface area contributed by atoms with Gasteiger partial charge in [-0.25, -0.2) is 0 Å². The molecule has 1 atom stereocenters. The van der Waals surface area contributed by atoms with Crippen molar-refractivity contribution in [1.82, 2.24) is 15.5 Å². The van der Waals surface area contributed by atoms with Gasteiger partial charge < -0.3 is 20.0 Å². The number of carbonyl (C=O) groups excluding carboxylic acids is 1. The van der Waals surface area contributed by atoms with E-state index in [2.05, 4.69) is 15.5 Å². The molecule has 0 saturated heterocycles. The van der Waals surface area contributed by atoms with Gasteiger partial charge in [0.1, 0.15) is 18.1 Å². The van der Waals surface area contributed by atoms with Crippen LogP contribution in [0, 0.1) is 0 Å². The number of halogens is 1. The highest BCUT2D eigenvalue weighted by Crippen LogP contribution is 2.21. The van der Waals surface area contributed by atoms with Gasteiger partial charge in [-0.2, -0.15) is 4.98 Å². The summed E-state index contributed by atoms with van der Waals surface area (Å²) in [5, 5.41) is 6.71. The molecule has 3 N–H and O–H groups in total. The Balaban J connectivity index is 0.00000242. The van der Waals surface area contributed by atoms with Gasteiger partial charge in [-0.15, -0.1) is 12.4 Å². The number of amides is 1. The lowest BCUT2D eigenvalue weighted by molar-refractivity contribution is 0.0932. The fraction of sp³-hybridized carbons (Fsp3) is 0.500. The maximum Gasteiger partial charge on any atom is 0.255 e. The monoisotopic (exact) mass is 328 g/mol. The Kier molecular flexibility index (Phi) is 5.73. The van der Waals surface area contributed by atoms with Gasteiger partial charge in [0.25, 0.3) is 5.91 Å². The van der Waals surface area contributed by atoms with Gasteiger partial charge in [0.05, 0.1) is 12.1 Å². The third-order valence-electron chi connectivity index (χ3n) is 2.95. The molecule has 2 aromatic heterocycles. The quantitative estimate of drug-likeness (QED) is 0.891. The maximum atomic E-state index is 12.1. The summed E-state index contributed by atoms with van der Waals surface area (Å²) in [5.41, 5.74) is 5.65. The predicted molar refractivity (Wildman–Crippen MR) is 82.7 cm³/mol. The Hall–Kier alpha value is -1.86. The van der Waals surface area contributed by atoms with E-state index in [4.69, 9.17) is 14.7 Å². The van der Waals surface area contributed by atoms with Crippen molar-refractivity contribution >= 4 is 18.3 Å². The van der Waals surface area contributed by atoms with Gasteiger partial charge in [0.2, 0.25) is 5.89 Å². The van der Waals surface area contributed by atoms with E-state index >= 15 is 0 Å². The van der Waals surface area contributed by atoms with Crippen LogP contribution in [0.5, 0.6) is 0 Å². The fourth-order valence-corrected chi connectivity index (χ4v) is 1.66. The van der Waals surface area contributed by atoms with Gasteiger partial charge in [0, 0.05) is 5.41 Å². The van der Waals surface area contributed by atoms with E-state index < -0.39 is 6.04 Å². The summed E-state index contributed by atoms with van der Waals surface area (Å²) in [6.07, 6.45) is 1.37. The lowest BCUT2D eigenvalue weighted by Gasteiger charge is -2.11. The molecule has 1 amide bonds. The fourth-order valence-electron chi connectivity index (χ4n) is 1.66. The van der Waals surface area contributed by atoms with Crippen molar-refractivity contribution in [2.45, 2.75) is 45.7 Å². The molecule has 1 unspecified atom stereocenters. The predicted octanol–water partition coefficient (Wildman–Crippen LogP) is 2.33. The third kappa shape index (κ3) is 4.08.